The van der Waals surface area contributed by atoms with Gasteiger partial charge < -0.3 is 5.73 Å². The summed E-state index contributed by atoms with van der Waals surface area (Å²) in [6, 6.07) is 12.3. The van der Waals surface area contributed by atoms with Gasteiger partial charge in [0, 0.05) is 23.0 Å². The highest BCUT2D eigenvalue weighted by Crippen LogP contribution is 2.22. The van der Waals surface area contributed by atoms with Crippen LogP contribution in [0.2, 0.25) is 0 Å². The number of anilines is 1. The molecule has 0 bridgehead atoms. The predicted molar refractivity (Wildman–Crippen MR) is 86.7 cm³/mol. The number of ketones is 1. The van der Waals surface area contributed by atoms with Gasteiger partial charge >= 0.3 is 0 Å². The number of hydrogen-bond acceptors (Lipinski definition) is 2. The van der Waals surface area contributed by atoms with Gasteiger partial charge in [-0.2, -0.15) is 0 Å². The van der Waals surface area contributed by atoms with E-state index in [1.54, 1.807) is 12.1 Å². The molecule has 0 aliphatic rings. The van der Waals surface area contributed by atoms with E-state index in [2.05, 4.69) is 15.9 Å². The highest BCUT2D eigenvalue weighted by Gasteiger charge is 2.14. The van der Waals surface area contributed by atoms with Crippen molar-refractivity contribution in [3.63, 3.8) is 0 Å². The van der Waals surface area contributed by atoms with E-state index in [0.29, 0.717) is 22.1 Å². The molecular formula is C17H17BrFNO. The van der Waals surface area contributed by atoms with E-state index in [0.717, 1.165) is 5.56 Å². The Balaban J connectivity index is 1.99. The van der Waals surface area contributed by atoms with Crippen LogP contribution in [0.25, 0.3) is 0 Å². The zero-order chi connectivity index (χ0) is 15.4. The minimum Gasteiger partial charge on any atom is -0.399 e. The molecule has 2 aromatic rings. The Morgan fingerprint density at radius 3 is 2.52 bits per heavy atom. The number of nitrogen functional groups attached to an aromatic ring is 1. The molecule has 2 nitrogen and oxygen atoms in total. The van der Waals surface area contributed by atoms with Crippen LogP contribution in [0.4, 0.5) is 10.1 Å². The van der Waals surface area contributed by atoms with Gasteiger partial charge in [-0.15, -0.1) is 0 Å². The molecule has 2 rings (SSSR count). The Morgan fingerprint density at radius 1 is 1.24 bits per heavy atom. The first-order valence-electron chi connectivity index (χ1n) is 6.77. The summed E-state index contributed by atoms with van der Waals surface area (Å²) in [5.74, 6) is -0.227. The minimum atomic E-state index is -0.349. The van der Waals surface area contributed by atoms with Gasteiger partial charge in [-0.25, -0.2) is 4.39 Å². The summed E-state index contributed by atoms with van der Waals surface area (Å²) in [6.45, 7) is 1.99. The van der Waals surface area contributed by atoms with Gasteiger partial charge in [-0.05, 0) is 41.3 Å². The average molecular weight is 350 g/mol. The van der Waals surface area contributed by atoms with Crippen molar-refractivity contribution in [3.05, 3.63) is 63.9 Å². The van der Waals surface area contributed by atoms with Gasteiger partial charge in [0.15, 0.2) is 0 Å². The van der Waals surface area contributed by atoms with E-state index in [1.165, 1.54) is 6.07 Å². The molecule has 110 valence electrons. The number of benzene rings is 2. The van der Waals surface area contributed by atoms with Crippen LogP contribution in [0, 0.1) is 5.82 Å². The van der Waals surface area contributed by atoms with E-state index >= 15 is 0 Å². The predicted octanol–water partition coefficient (Wildman–Crippen LogP) is 4.48. The molecule has 0 heterocycles. The van der Waals surface area contributed by atoms with E-state index in [9.17, 15) is 9.18 Å². The summed E-state index contributed by atoms with van der Waals surface area (Å²) in [6.07, 6.45) is 0.512. The van der Waals surface area contributed by atoms with Crippen molar-refractivity contribution in [2.75, 3.05) is 5.73 Å². The Hall–Kier alpha value is -1.68. The van der Waals surface area contributed by atoms with Gasteiger partial charge in [0.05, 0.1) is 0 Å². The number of nitrogens with two attached hydrogens (primary N) is 1. The number of Topliss-reactive ketones (excluding diaryl/α,β-unsaturated/α-hetero) is 1. The van der Waals surface area contributed by atoms with Crippen molar-refractivity contribution in [2.45, 2.75) is 25.7 Å². The SMILES string of the molecule is CC(CC(=O)Cc1ccc(Br)cc1F)c1ccc(N)cc1. The van der Waals surface area contributed by atoms with Crippen molar-refractivity contribution in [1.82, 2.24) is 0 Å². The monoisotopic (exact) mass is 349 g/mol. The number of halogens is 2. The van der Waals surface area contributed by atoms with Crippen molar-refractivity contribution < 1.29 is 9.18 Å². The zero-order valence-electron chi connectivity index (χ0n) is 11.8. The largest absolute Gasteiger partial charge is 0.399 e. The summed E-state index contributed by atoms with van der Waals surface area (Å²) >= 11 is 3.20. The van der Waals surface area contributed by atoms with Crippen LogP contribution < -0.4 is 5.73 Å². The fourth-order valence-corrected chi connectivity index (χ4v) is 2.57. The molecule has 0 spiro atoms. The lowest BCUT2D eigenvalue weighted by molar-refractivity contribution is -0.118. The molecular weight excluding hydrogens is 333 g/mol. The van der Waals surface area contributed by atoms with Crippen LogP contribution in [0.3, 0.4) is 0 Å². The Labute approximate surface area is 132 Å². The molecule has 0 amide bonds. The second-order valence-electron chi connectivity index (χ2n) is 5.22. The highest BCUT2D eigenvalue weighted by molar-refractivity contribution is 9.10. The van der Waals surface area contributed by atoms with Crippen molar-refractivity contribution in [1.29, 1.82) is 0 Å². The van der Waals surface area contributed by atoms with Crippen LogP contribution in [0.15, 0.2) is 46.9 Å². The zero-order valence-corrected chi connectivity index (χ0v) is 13.4. The molecule has 0 saturated carbocycles. The lowest BCUT2D eigenvalue weighted by Crippen LogP contribution is -2.08. The maximum atomic E-state index is 13.7. The summed E-state index contributed by atoms with van der Waals surface area (Å²) in [5, 5.41) is 0. The Kier molecular flexibility index (Phi) is 5.12. The molecule has 21 heavy (non-hydrogen) atoms. The first-order valence-corrected chi connectivity index (χ1v) is 7.56. The molecule has 4 heteroatoms. The smallest absolute Gasteiger partial charge is 0.137 e. The van der Waals surface area contributed by atoms with Gasteiger partial charge in [0.1, 0.15) is 11.6 Å². The first-order chi connectivity index (χ1) is 9.95. The standard InChI is InChI=1S/C17H17BrFNO/c1-11(12-3-6-15(20)7-4-12)8-16(21)9-13-2-5-14(18)10-17(13)19/h2-7,10-11H,8-9,20H2,1H3. The molecule has 0 saturated heterocycles. The lowest BCUT2D eigenvalue weighted by Gasteiger charge is -2.11. The fraction of sp³-hybridized carbons (Fsp3) is 0.235. The lowest BCUT2D eigenvalue weighted by atomic mass is 9.93. The Bertz CT molecular complexity index is 640. The van der Waals surface area contributed by atoms with E-state index < -0.39 is 0 Å². The fourth-order valence-electron chi connectivity index (χ4n) is 2.23. The van der Waals surface area contributed by atoms with Crippen LogP contribution in [-0.2, 0) is 11.2 Å². The van der Waals surface area contributed by atoms with E-state index in [4.69, 9.17) is 5.73 Å². The van der Waals surface area contributed by atoms with Crippen LogP contribution in [0.5, 0.6) is 0 Å². The maximum absolute atomic E-state index is 13.7. The van der Waals surface area contributed by atoms with Crippen molar-refractivity contribution in [3.8, 4) is 0 Å². The van der Waals surface area contributed by atoms with E-state index in [-0.39, 0.29) is 23.9 Å². The molecule has 1 atom stereocenters. The number of hydrogen-bond donors (Lipinski definition) is 1. The molecule has 2 aromatic carbocycles. The summed E-state index contributed by atoms with van der Waals surface area (Å²) in [4.78, 5) is 12.1. The normalized spacial score (nSPS) is 12.1. The molecule has 0 radical (unpaired) electrons. The molecule has 2 N–H and O–H groups in total. The third-order valence-corrected chi connectivity index (χ3v) is 3.94. The number of carbonyl (C=O) groups excluding carboxylic acids is 1. The van der Waals surface area contributed by atoms with Crippen LogP contribution >= 0.6 is 15.9 Å². The van der Waals surface area contributed by atoms with Gasteiger partial charge in [0.2, 0.25) is 0 Å². The highest BCUT2D eigenvalue weighted by atomic mass is 79.9. The first kappa shape index (κ1) is 15.7. The summed E-state index contributed by atoms with van der Waals surface area (Å²) in [7, 11) is 0. The molecule has 0 fully saturated rings. The van der Waals surface area contributed by atoms with Crippen molar-refractivity contribution >= 4 is 27.4 Å². The second kappa shape index (κ2) is 6.85. The average Bonchev–Trinajstić information content (AvgIpc) is 2.42. The number of rotatable bonds is 5. The van der Waals surface area contributed by atoms with Gasteiger partial charge in [-0.3, -0.25) is 4.79 Å². The summed E-state index contributed by atoms with van der Waals surface area (Å²) < 4.78 is 14.4. The molecule has 0 aliphatic heterocycles. The van der Waals surface area contributed by atoms with E-state index in [1.807, 2.05) is 31.2 Å². The molecule has 0 aliphatic carbocycles. The van der Waals surface area contributed by atoms with Crippen molar-refractivity contribution in [2.24, 2.45) is 0 Å². The van der Waals surface area contributed by atoms with Gasteiger partial charge in [-0.1, -0.05) is 41.1 Å². The second-order valence-corrected chi connectivity index (χ2v) is 6.14. The third kappa shape index (κ3) is 4.39. The molecule has 0 aromatic heterocycles. The third-order valence-electron chi connectivity index (χ3n) is 3.44. The van der Waals surface area contributed by atoms with Crippen LogP contribution in [0.1, 0.15) is 30.4 Å². The minimum absolute atomic E-state index is 0.0283. The van der Waals surface area contributed by atoms with Gasteiger partial charge in [0.25, 0.3) is 0 Å². The van der Waals surface area contributed by atoms with Crippen LogP contribution in [-0.4, -0.2) is 5.78 Å². The number of carbonyl (C=O) groups is 1. The quantitative estimate of drug-likeness (QED) is 0.809. The maximum Gasteiger partial charge on any atom is 0.137 e. The Morgan fingerprint density at radius 2 is 1.90 bits per heavy atom. The molecule has 1 unspecified atom stereocenters. The summed E-state index contributed by atoms with van der Waals surface area (Å²) in [5.41, 5.74) is 7.85. The topological polar surface area (TPSA) is 43.1 Å².